The summed E-state index contributed by atoms with van der Waals surface area (Å²) in [7, 11) is 0. The average Bonchev–Trinajstić information content (AvgIpc) is 3.45. The summed E-state index contributed by atoms with van der Waals surface area (Å²) in [6, 6.07) is 21.1. The van der Waals surface area contributed by atoms with Crippen molar-refractivity contribution in [2.45, 2.75) is 6.54 Å². The van der Waals surface area contributed by atoms with Crippen molar-refractivity contribution in [1.82, 2.24) is 20.2 Å². The molecule has 0 bridgehead atoms. The predicted molar refractivity (Wildman–Crippen MR) is 104 cm³/mol. The van der Waals surface area contributed by atoms with E-state index in [1.54, 1.807) is 6.26 Å². The highest BCUT2D eigenvalue weighted by molar-refractivity contribution is 5.90. The SMILES string of the molecule is c1ccc(-c2nnc(-c3nc(NCc4ccco4)c4ccccc4n3)o2)cc1. The Morgan fingerprint density at radius 3 is 2.46 bits per heavy atom. The lowest BCUT2D eigenvalue weighted by Gasteiger charge is -2.08. The van der Waals surface area contributed by atoms with E-state index in [-0.39, 0.29) is 5.89 Å². The Balaban J connectivity index is 1.54. The maximum atomic E-state index is 5.82. The second kappa shape index (κ2) is 6.96. The number of hydrogen-bond donors (Lipinski definition) is 1. The first-order valence-electron chi connectivity index (χ1n) is 8.79. The van der Waals surface area contributed by atoms with Crippen LogP contribution in [0.2, 0.25) is 0 Å². The van der Waals surface area contributed by atoms with E-state index in [2.05, 4.69) is 25.5 Å². The fourth-order valence-corrected chi connectivity index (χ4v) is 2.90. The first kappa shape index (κ1) is 16.2. The van der Waals surface area contributed by atoms with E-state index >= 15 is 0 Å². The summed E-state index contributed by atoms with van der Waals surface area (Å²) in [4.78, 5) is 9.20. The number of fused-ring (bicyclic) bond motifs is 1. The number of para-hydroxylation sites is 1. The molecule has 0 aliphatic heterocycles. The van der Waals surface area contributed by atoms with Gasteiger partial charge in [-0.3, -0.25) is 0 Å². The Hall–Kier alpha value is -4.00. The van der Waals surface area contributed by atoms with Crippen molar-refractivity contribution < 1.29 is 8.83 Å². The van der Waals surface area contributed by atoms with Gasteiger partial charge in [0.2, 0.25) is 11.7 Å². The lowest BCUT2D eigenvalue weighted by Crippen LogP contribution is -2.03. The fourth-order valence-electron chi connectivity index (χ4n) is 2.90. The lowest BCUT2D eigenvalue weighted by atomic mass is 10.2. The Morgan fingerprint density at radius 2 is 1.61 bits per heavy atom. The normalized spacial score (nSPS) is 11.0. The largest absolute Gasteiger partial charge is 0.467 e. The van der Waals surface area contributed by atoms with Crippen molar-refractivity contribution in [2.24, 2.45) is 0 Å². The second-order valence-corrected chi connectivity index (χ2v) is 6.12. The Kier molecular flexibility index (Phi) is 4.02. The van der Waals surface area contributed by atoms with Crippen molar-refractivity contribution >= 4 is 16.7 Å². The van der Waals surface area contributed by atoms with Crippen molar-refractivity contribution in [3.05, 3.63) is 78.8 Å². The fraction of sp³-hybridized carbons (Fsp3) is 0.0476. The molecule has 5 aromatic rings. The number of anilines is 1. The molecule has 0 saturated carbocycles. The van der Waals surface area contributed by atoms with Gasteiger partial charge in [0.25, 0.3) is 5.89 Å². The molecule has 28 heavy (non-hydrogen) atoms. The van der Waals surface area contributed by atoms with Gasteiger partial charge in [0, 0.05) is 10.9 Å². The molecular formula is C21H15N5O2. The van der Waals surface area contributed by atoms with E-state index < -0.39 is 0 Å². The number of furan rings is 1. The summed E-state index contributed by atoms with van der Waals surface area (Å²) in [6.07, 6.45) is 1.64. The molecule has 136 valence electrons. The van der Waals surface area contributed by atoms with Crippen LogP contribution in [0.3, 0.4) is 0 Å². The molecule has 3 heterocycles. The number of nitrogens with one attached hydrogen (secondary N) is 1. The summed E-state index contributed by atoms with van der Waals surface area (Å²) < 4.78 is 11.2. The third-order valence-electron chi connectivity index (χ3n) is 4.25. The van der Waals surface area contributed by atoms with Crippen LogP contribution in [0.4, 0.5) is 5.82 Å². The van der Waals surface area contributed by atoms with E-state index in [1.165, 1.54) is 0 Å². The third-order valence-corrected chi connectivity index (χ3v) is 4.25. The summed E-state index contributed by atoms with van der Waals surface area (Å²) >= 11 is 0. The van der Waals surface area contributed by atoms with Crippen LogP contribution in [0, 0.1) is 0 Å². The smallest absolute Gasteiger partial charge is 0.286 e. The quantitative estimate of drug-likeness (QED) is 0.486. The van der Waals surface area contributed by atoms with E-state index in [4.69, 9.17) is 8.83 Å². The molecule has 7 heteroatoms. The van der Waals surface area contributed by atoms with Crippen LogP contribution in [0.15, 0.2) is 81.8 Å². The highest BCUT2D eigenvalue weighted by atomic mass is 16.4. The van der Waals surface area contributed by atoms with Gasteiger partial charge in [-0.15, -0.1) is 10.2 Å². The Labute approximate surface area is 160 Å². The minimum Gasteiger partial charge on any atom is -0.467 e. The molecular weight excluding hydrogens is 354 g/mol. The van der Waals surface area contributed by atoms with Crippen LogP contribution in [-0.4, -0.2) is 20.2 Å². The first-order chi connectivity index (χ1) is 13.9. The molecule has 7 nitrogen and oxygen atoms in total. The van der Waals surface area contributed by atoms with Gasteiger partial charge >= 0.3 is 0 Å². The van der Waals surface area contributed by atoms with Crippen LogP contribution < -0.4 is 5.32 Å². The zero-order valence-corrected chi connectivity index (χ0v) is 14.7. The van der Waals surface area contributed by atoms with E-state index in [0.29, 0.717) is 24.1 Å². The summed E-state index contributed by atoms with van der Waals surface area (Å²) in [5, 5.41) is 12.5. The predicted octanol–water partition coefficient (Wildman–Crippen LogP) is 4.55. The molecule has 0 amide bonds. The summed E-state index contributed by atoms with van der Waals surface area (Å²) in [5.41, 5.74) is 1.63. The average molecular weight is 369 g/mol. The highest BCUT2D eigenvalue weighted by Gasteiger charge is 2.16. The van der Waals surface area contributed by atoms with Crippen molar-refractivity contribution in [1.29, 1.82) is 0 Å². The minimum absolute atomic E-state index is 0.269. The lowest BCUT2D eigenvalue weighted by molar-refractivity contribution is 0.518. The highest BCUT2D eigenvalue weighted by Crippen LogP contribution is 2.26. The van der Waals surface area contributed by atoms with Crippen molar-refractivity contribution in [3.8, 4) is 23.2 Å². The van der Waals surface area contributed by atoms with Gasteiger partial charge in [0.15, 0.2) is 0 Å². The minimum atomic E-state index is 0.269. The zero-order valence-electron chi connectivity index (χ0n) is 14.7. The van der Waals surface area contributed by atoms with Gasteiger partial charge in [-0.25, -0.2) is 9.97 Å². The van der Waals surface area contributed by atoms with Crippen LogP contribution >= 0.6 is 0 Å². The number of benzene rings is 2. The van der Waals surface area contributed by atoms with Crippen LogP contribution in [0.1, 0.15) is 5.76 Å². The topological polar surface area (TPSA) is 89.9 Å². The maximum Gasteiger partial charge on any atom is 0.286 e. The second-order valence-electron chi connectivity index (χ2n) is 6.12. The van der Waals surface area contributed by atoms with Crippen LogP contribution in [0.25, 0.3) is 34.1 Å². The van der Waals surface area contributed by atoms with E-state index in [1.807, 2.05) is 66.7 Å². The molecule has 0 unspecified atom stereocenters. The summed E-state index contributed by atoms with van der Waals surface area (Å²) in [5.74, 6) is 2.56. The van der Waals surface area contributed by atoms with Gasteiger partial charge in [0.1, 0.15) is 11.6 Å². The maximum absolute atomic E-state index is 5.82. The summed E-state index contributed by atoms with van der Waals surface area (Å²) in [6.45, 7) is 0.506. The molecule has 0 fully saturated rings. The van der Waals surface area contributed by atoms with Gasteiger partial charge in [-0.2, -0.15) is 0 Å². The Morgan fingerprint density at radius 1 is 0.786 bits per heavy atom. The number of nitrogens with zero attached hydrogens (tertiary/aromatic N) is 4. The monoisotopic (exact) mass is 369 g/mol. The van der Waals surface area contributed by atoms with Crippen molar-refractivity contribution in [3.63, 3.8) is 0 Å². The molecule has 0 atom stereocenters. The van der Waals surface area contributed by atoms with Gasteiger partial charge in [-0.05, 0) is 36.4 Å². The van der Waals surface area contributed by atoms with Gasteiger partial charge < -0.3 is 14.2 Å². The van der Waals surface area contributed by atoms with Crippen molar-refractivity contribution in [2.75, 3.05) is 5.32 Å². The molecule has 0 radical (unpaired) electrons. The van der Waals surface area contributed by atoms with Gasteiger partial charge in [-0.1, -0.05) is 30.3 Å². The molecule has 0 aliphatic carbocycles. The number of aromatic nitrogens is 4. The van der Waals surface area contributed by atoms with Gasteiger partial charge in [0.05, 0.1) is 18.3 Å². The van der Waals surface area contributed by atoms with Crippen LogP contribution in [-0.2, 0) is 6.54 Å². The zero-order chi connectivity index (χ0) is 18.8. The number of rotatable bonds is 5. The standard InChI is InChI=1S/C21H15N5O2/c1-2-7-14(8-3-1)20-25-26-21(28-20)19-23-17-11-5-4-10-16(17)18(24-19)22-13-15-9-6-12-27-15/h1-12H,13H2,(H,22,23,24). The van der Waals surface area contributed by atoms with E-state index in [0.717, 1.165) is 22.2 Å². The molecule has 5 rings (SSSR count). The number of hydrogen-bond acceptors (Lipinski definition) is 7. The molecule has 0 saturated heterocycles. The van der Waals surface area contributed by atoms with Crippen LogP contribution in [0.5, 0.6) is 0 Å². The molecule has 2 aromatic carbocycles. The van der Waals surface area contributed by atoms with E-state index in [9.17, 15) is 0 Å². The molecule has 0 spiro atoms. The third kappa shape index (κ3) is 3.09. The Bertz CT molecular complexity index is 1220. The molecule has 3 aromatic heterocycles. The molecule has 1 N–H and O–H groups in total. The first-order valence-corrected chi connectivity index (χ1v) is 8.79. The molecule has 0 aliphatic rings.